The maximum absolute atomic E-state index is 5.23. The quantitative estimate of drug-likeness (QED) is 0.351. The van der Waals surface area contributed by atoms with Gasteiger partial charge in [-0.05, 0) is 13.8 Å². The maximum atomic E-state index is 5.23. The van der Waals surface area contributed by atoms with E-state index in [1.54, 1.807) is 13.8 Å². The van der Waals surface area contributed by atoms with Crippen molar-refractivity contribution < 1.29 is 0 Å². The zero-order chi connectivity index (χ0) is 5.86. The number of amidine groups is 1. The Labute approximate surface area is 43.4 Å². The van der Waals surface area contributed by atoms with Crippen molar-refractivity contribution in [1.82, 2.24) is 0 Å². The van der Waals surface area contributed by atoms with Gasteiger partial charge in [-0.2, -0.15) is 0 Å². The molecule has 0 saturated heterocycles. The van der Waals surface area contributed by atoms with Crippen LogP contribution in [-0.4, -0.2) is 12.0 Å². The summed E-state index contributed by atoms with van der Waals surface area (Å²) in [5, 5.41) is 0. The van der Waals surface area contributed by atoms with Gasteiger partial charge in [-0.1, -0.05) is 0 Å². The molecule has 0 aromatic carbocycles. The molecule has 0 fully saturated rings. The second kappa shape index (κ2) is 2.58. The first-order chi connectivity index (χ1) is 3.13. The van der Waals surface area contributed by atoms with E-state index in [1.807, 2.05) is 0 Å². The molecular weight excluding hydrogens is 90.1 g/mol. The Kier molecular flexibility index (Phi) is 2.37. The van der Waals surface area contributed by atoms with Crippen molar-refractivity contribution in [2.45, 2.75) is 20.0 Å². The molecule has 3 heteroatoms. The molecule has 0 heterocycles. The molecule has 0 bridgehead atoms. The van der Waals surface area contributed by atoms with Gasteiger partial charge in [0.2, 0.25) is 0 Å². The summed E-state index contributed by atoms with van der Waals surface area (Å²) in [6.07, 6.45) is -0.162. The predicted octanol–water partition coefficient (Wildman–Crippen LogP) is -0.332. The van der Waals surface area contributed by atoms with E-state index >= 15 is 0 Å². The van der Waals surface area contributed by atoms with E-state index in [0.29, 0.717) is 5.84 Å². The van der Waals surface area contributed by atoms with Crippen LogP contribution in [-0.2, 0) is 0 Å². The number of aliphatic imine (C=N–C) groups is 1. The summed E-state index contributed by atoms with van der Waals surface area (Å²) < 4.78 is 0. The highest BCUT2D eigenvalue weighted by atomic mass is 15.0. The van der Waals surface area contributed by atoms with E-state index in [0.717, 1.165) is 0 Å². The third-order valence-corrected chi connectivity index (χ3v) is 0.407. The van der Waals surface area contributed by atoms with Gasteiger partial charge in [0.25, 0.3) is 0 Å². The monoisotopic (exact) mass is 101 g/mol. The fraction of sp³-hybridized carbons (Fsp3) is 0.750. The lowest BCUT2D eigenvalue weighted by Crippen LogP contribution is -2.17. The second-order valence-electron chi connectivity index (χ2n) is 1.51. The summed E-state index contributed by atoms with van der Waals surface area (Å²) in [6, 6.07) is 0. The van der Waals surface area contributed by atoms with Gasteiger partial charge in [-0.25, -0.2) is 0 Å². The smallest absolute Gasteiger partial charge is 0.0960 e. The van der Waals surface area contributed by atoms with Gasteiger partial charge in [-0.3, -0.25) is 4.99 Å². The van der Waals surface area contributed by atoms with Crippen LogP contribution in [0.15, 0.2) is 4.99 Å². The van der Waals surface area contributed by atoms with Gasteiger partial charge in [0.05, 0.1) is 12.0 Å². The molecule has 1 atom stereocenters. The first kappa shape index (κ1) is 6.43. The largest absolute Gasteiger partial charge is 0.388 e. The van der Waals surface area contributed by atoms with Gasteiger partial charge < -0.3 is 11.5 Å². The minimum Gasteiger partial charge on any atom is -0.388 e. The fourth-order valence-corrected chi connectivity index (χ4v) is 0.321. The van der Waals surface area contributed by atoms with Crippen LogP contribution in [0.3, 0.4) is 0 Å². The molecule has 0 aliphatic carbocycles. The van der Waals surface area contributed by atoms with E-state index in [-0.39, 0.29) is 6.17 Å². The van der Waals surface area contributed by atoms with Crippen molar-refractivity contribution >= 4 is 5.84 Å². The molecule has 0 aromatic rings. The van der Waals surface area contributed by atoms with Crippen molar-refractivity contribution in [2.24, 2.45) is 16.5 Å². The Balaban J connectivity index is 3.45. The van der Waals surface area contributed by atoms with Crippen LogP contribution in [0.1, 0.15) is 13.8 Å². The third-order valence-electron chi connectivity index (χ3n) is 0.407. The standard InChI is InChI=1S/C4H11N3/c1-3(5)7-4(2)6/h3H,5H2,1-2H3,(H2,6,7). The minimum absolute atomic E-state index is 0.162. The molecule has 0 aliphatic heterocycles. The SMILES string of the molecule is CC(N)=NC(C)N. The molecule has 0 radical (unpaired) electrons. The summed E-state index contributed by atoms with van der Waals surface area (Å²) in [4.78, 5) is 3.75. The zero-order valence-electron chi connectivity index (χ0n) is 4.68. The Morgan fingerprint density at radius 1 is 1.71 bits per heavy atom. The lowest BCUT2D eigenvalue weighted by Gasteiger charge is -1.94. The predicted molar refractivity (Wildman–Crippen MR) is 30.9 cm³/mol. The van der Waals surface area contributed by atoms with Crippen LogP contribution in [0.25, 0.3) is 0 Å². The van der Waals surface area contributed by atoms with Crippen LogP contribution in [0, 0.1) is 0 Å². The topological polar surface area (TPSA) is 64.4 Å². The molecule has 0 aromatic heterocycles. The first-order valence-electron chi connectivity index (χ1n) is 2.18. The molecule has 0 saturated carbocycles. The van der Waals surface area contributed by atoms with Gasteiger partial charge in [0.1, 0.15) is 0 Å². The number of rotatable bonds is 1. The van der Waals surface area contributed by atoms with E-state index in [1.165, 1.54) is 0 Å². The normalized spacial score (nSPS) is 16.7. The highest BCUT2D eigenvalue weighted by molar-refractivity contribution is 5.77. The number of nitrogens with zero attached hydrogens (tertiary/aromatic N) is 1. The van der Waals surface area contributed by atoms with Gasteiger partial charge in [0, 0.05) is 0 Å². The van der Waals surface area contributed by atoms with Gasteiger partial charge in [0.15, 0.2) is 0 Å². The third kappa shape index (κ3) is 5.43. The molecular formula is C4H11N3. The minimum atomic E-state index is -0.162. The van der Waals surface area contributed by atoms with Crippen LogP contribution in [0.4, 0.5) is 0 Å². The van der Waals surface area contributed by atoms with E-state index < -0.39 is 0 Å². The van der Waals surface area contributed by atoms with E-state index in [2.05, 4.69) is 4.99 Å². The van der Waals surface area contributed by atoms with Crippen molar-refractivity contribution in [1.29, 1.82) is 0 Å². The van der Waals surface area contributed by atoms with Gasteiger partial charge >= 0.3 is 0 Å². The number of nitrogens with two attached hydrogens (primary N) is 2. The summed E-state index contributed by atoms with van der Waals surface area (Å²) in [5.41, 5.74) is 10.4. The molecule has 0 amide bonds. The van der Waals surface area contributed by atoms with Crippen molar-refractivity contribution in [3.8, 4) is 0 Å². The Morgan fingerprint density at radius 2 is 2.14 bits per heavy atom. The van der Waals surface area contributed by atoms with Crippen LogP contribution >= 0.6 is 0 Å². The average molecular weight is 101 g/mol. The zero-order valence-corrected chi connectivity index (χ0v) is 4.68. The Hall–Kier alpha value is -0.570. The highest BCUT2D eigenvalue weighted by Gasteiger charge is 1.83. The van der Waals surface area contributed by atoms with Gasteiger partial charge in [-0.15, -0.1) is 0 Å². The van der Waals surface area contributed by atoms with Crippen LogP contribution in [0.5, 0.6) is 0 Å². The van der Waals surface area contributed by atoms with Crippen LogP contribution in [0.2, 0.25) is 0 Å². The first-order valence-corrected chi connectivity index (χ1v) is 2.18. The summed E-state index contributed by atoms with van der Waals surface area (Å²) in [5.74, 6) is 0.537. The lowest BCUT2D eigenvalue weighted by molar-refractivity contribution is 0.790. The molecule has 0 rings (SSSR count). The fourth-order valence-electron chi connectivity index (χ4n) is 0.321. The van der Waals surface area contributed by atoms with Crippen molar-refractivity contribution in [3.63, 3.8) is 0 Å². The molecule has 1 unspecified atom stereocenters. The Bertz CT molecular complexity index is 71.0. The second-order valence-corrected chi connectivity index (χ2v) is 1.51. The summed E-state index contributed by atoms with van der Waals surface area (Å²) in [7, 11) is 0. The summed E-state index contributed by atoms with van der Waals surface area (Å²) in [6.45, 7) is 3.49. The lowest BCUT2D eigenvalue weighted by atomic mass is 10.6. The molecule has 0 aliphatic rings. The van der Waals surface area contributed by atoms with E-state index in [9.17, 15) is 0 Å². The Morgan fingerprint density at radius 3 is 2.14 bits per heavy atom. The van der Waals surface area contributed by atoms with Crippen LogP contribution < -0.4 is 11.5 Å². The molecule has 7 heavy (non-hydrogen) atoms. The van der Waals surface area contributed by atoms with Crippen molar-refractivity contribution in [3.05, 3.63) is 0 Å². The maximum Gasteiger partial charge on any atom is 0.0960 e. The molecule has 42 valence electrons. The highest BCUT2D eigenvalue weighted by Crippen LogP contribution is 1.74. The molecule has 4 N–H and O–H groups in total. The summed E-state index contributed by atoms with van der Waals surface area (Å²) >= 11 is 0. The average Bonchev–Trinajstić information content (AvgIpc) is 1.27. The molecule has 0 spiro atoms. The number of hydrogen-bond acceptors (Lipinski definition) is 2. The molecule has 3 nitrogen and oxygen atoms in total. The van der Waals surface area contributed by atoms with E-state index in [4.69, 9.17) is 11.5 Å². The number of hydrogen-bond donors (Lipinski definition) is 2. The van der Waals surface area contributed by atoms with Crippen molar-refractivity contribution in [2.75, 3.05) is 0 Å².